The third-order valence-electron chi connectivity index (χ3n) is 12.4. The van der Waals surface area contributed by atoms with Crippen molar-refractivity contribution in [3.05, 3.63) is 243 Å². The second kappa shape index (κ2) is 15.3. The van der Waals surface area contributed by atoms with Crippen molar-refractivity contribution in [3.63, 3.8) is 0 Å². The van der Waals surface area contributed by atoms with Crippen molar-refractivity contribution >= 4 is 60.8 Å². The quantitative estimate of drug-likeness (QED) is 0.153. The summed E-state index contributed by atoms with van der Waals surface area (Å²) in [7, 11) is 0. The minimum absolute atomic E-state index is 0.884. The zero-order valence-corrected chi connectivity index (χ0v) is 34.4. The van der Waals surface area contributed by atoms with E-state index in [-0.39, 0.29) is 0 Å². The van der Waals surface area contributed by atoms with Crippen molar-refractivity contribution in [2.24, 2.45) is 0 Å². The molecule has 3 heteroatoms. The van der Waals surface area contributed by atoms with Crippen LogP contribution < -0.4 is 4.90 Å². The highest BCUT2D eigenvalue weighted by Gasteiger charge is 2.24. The largest absolute Gasteiger partial charge is 0.455 e. The molecule has 12 rings (SSSR count). The average molecular weight is 805 g/mol. The van der Waals surface area contributed by atoms with Gasteiger partial charge in [0.25, 0.3) is 0 Å². The molecular formula is C60H40N2O. The Labute approximate surface area is 366 Å². The first-order chi connectivity index (χ1) is 31.3. The van der Waals surface area contributed by atoms with Gasteiger partial charge in [0.2, 0.25) is 0 Å². The standard InChI is InChI=1S/C60H40N2O/c1-4-18-41(19-5-1)42-34-36-45(37-35-42)61(55-31-13-10-24-47(55)43-20-6-2-7-21-43)46-38-39-50-49-25-11-14-32-56(49)62(57(50)40-46)59-48(44-22-8-3-9-23-44)27-16-28-52(59)54-30-17-29-53-51-26-12-15-33-58(51)63-60(53)54/h1-40H. The van der Waals surface area contributed by atoms with Crippen LogP contribution in [0, 0.1) is 0 Å². The summed E-state index contributed by atoms with van der Waals surface area (Å²) < 4.78 is 9.24. The maximum absolute atomic E-state index is 6.75. The van der Waals surface area contributed by atoms with Gasteiger partial charge in [0.1, 0.15) is 11.2 Å². The van der Waals surface area contributed by atoms with Gasteiger partial charge in [0.15, 0.2) is 0 Å². The fourth-order valence-electron chi connectivity index (χ4n) is 9.54. The second-order valence-electron chi connectivity index (χ2n) is 16.0. The van der Waals surface area contributed by atoms with Gasteiger partial charge >= 0.3 is 0 Å². The van der Waals surface area contributed by atoms with E-state index in [2.05, 4.69) is 246 Å². The van der Waals surface area contributed by atoms with Gasteiger partial charge in [-0.1, -0.05) is 200 Å². The van der Waals surface area contributed by atoms with Crippen LogP contribution >= 0.6 is 0 Å². The highest BCUT2D eigenvalue weighted by Crippen LogP contribution is 2.47. The van der Waals surface area contributed by atoms with Crippen LogP contribution in [0.3, 0.4) is 0 Å². The molecule has 0 spiro atoms. The molecule has 3 nitrogen and oxygen atoms in total. The molecule has 63 heavy (non-hydrogen) atoms. The van der Waals surface area contributed by atoms with E-state index < -0.39 is 0 Å². The maximum atomic E-state index is 6.75. The third kappa shape index (κ3) is 6.21. The molecule has 0 aliphatic rings. The molecule has 0 saturated heterocycles. The Morgan fingerprint density at radius 1 is 0.317 bits per heavy atom. The van der Waals surface area contributed by atoms with Crippen molar-refractivity contribution < 1.29 is 4.42 Å². The molecule has 10 aromatic carbocycles. The van der Waals surface area contributed by atoms with Gasteiger partial charge in [-0.3, -0.25) is 0 Å². The molecule has 2 heterocycles. The zero-order chi connectivity index (χ0) is 41.7. The minimum Gasteiger partial charge on any atom is -0.455 e. The van der Waals surface area contributed by atoms with Crippen LogP contribution in [0.4, 0.5) is 17.1 Å². The summed E-state index contributed by atoms with van der Waals surface area (Å²) in [6.45, 7) is 0. The summed E-state index contributed by atoms with van der Waals surface area (Å²) in [5, 5.41) is 4.60. The van der Waals surface area contributed by atoms with Gasteiger partial charge in [-0.2, -0.15) is 0 Å². The molecule has 2 aromatic heterocycles. The van der Waals surface area contributed by atoms with Crippen LogP contribution in [0.1, 0.15) is 0 Å². The number of hydrogen-bond acceptors (Lipinski definition) is 2. The lowest BCUT2D eigenvalue weighted by Gasteiger charge is -2.28. The summed E-state index contributed by atoms with van der Waals surface area (Å²) in [5.74, 6) is 0. The molecule has 0 atom stereocenters. The lowest BCUT2D eigenvalue weighted by atomic mass is 9.94. The Morgan fingerprint density at radius 2 is 0.841 bits per heavy atom. The Bertz CT molecular complexity index is 3600. The van der Waals surface area contributed by atoms with Crippen LogP contribution in [0.25, 0.3) is 93.9 Å². The molecule has 0 saturated carbocycles. The summed E-state index contributed by atoms with van der Waals surface area (Å²) >= 11 is 0. The number of fused-ring (bicyclic) bond motifs is 6. The average Bonchev–Trinajstić information content (AvgIpc) is 3.91. The summed E-state index contributed by atoms with van der Waals surface area (Å²) in [6, 6.07) is 87.1. The first-order valence-corrected chi connectivity index (χ1v) is 21.5. The van der Waals surface area contributed by atoms with E-state index in [1.165, 1.54) is 21.9 Å². The van der Waals surface area contributed by atoms with Crippen LogP contribution in [0.5, 0.6) is 0 Å². The lowest BCUT2D eigenvalue weighted by Crippen LogP contribution is -2.11. The number of hydrogen-bond donors (Lipinski definition) is 0. The van der Waals surface area contributed by atoms with Crippen LogP contribution in [-0.4, -0.2) is 4.57 Å². The van der Waals surface area contributed by atoms with E-state index in [9.17, 15) is 0 Å². The Hall–Kier alpha value is -8.40. The van der Waals surface area contributed by atoms with E-state index in [0.29, 0.717) is 0 Å². The summed E-state index contributed by atoms with van der Waals surface area (Å²) in [5.41, 5.74) is 17.4. The molecular weight excluding hydrogens is 765 g/mol. The number of rotatable bonds is 8. The molecule has 0 amide bonds. The van der Waals surface area contributed by atoms with Crippen molar-refractivity contribution in [3.8, 4) is 50.2 Å². The number of nitrogens with zero attached hydrogens (tertiary/aromatic N) is 2. The Morgan fingerprint density at radius 3 is 1.62 bits per heavy atom. The molecule has 12 aromatic rings. The Kier molecular flexibility index (Phi) is 8.83. The zero-order valence-electron chi connectivity index (χ0n) is 34.4. The first kappa shape index (κ1) is 36.5. The van der Waals surface area contributed by atoms with Gasteiger partial charge in [-0.05, 0) is 64.7 Å². The number of anilines is 3. The molecule has 0 fully saturated rings. The van der Waals surface area contributed by atoms with Crippen LogP contribution in [0.2, 0.25) is 0 Å². The van der Waals surface area contributed by atoms with E-state index >= 15 is 0 Å². The van der Waals surface area contributed by atoms with Gasteiger partial charge in [0, 0.05) is 55.2 Å². The van der Waals surface area contributed by atoms with Crippen LogP contribution in [-0.2, 0) is 0 Å². The molecule has 0 radical (unpaired) electrons. The van der Waals surface area contributed by atoms with Gasteiger partial charge in [-0.25, -0.2) is 0 Å². The molecule has 0 N–H and O–H groups in total. The monoisotopic (exact) mass is 804 g/mol. The molecule has 0 unspecified atom stereocenters. The van der Waals surface area contributed by atoms with Crippen LogP contribution in [0.15, 0.2) is 247 Å². The predicted molar refractivity (Wildman–Crippen MR) is 264 cm³/mol. The highest BCUT2D eigenvalue weighted by atomic mass is 16.3. The highest BCUT2D eigenvalue weighted by molar-refractivity contribution is 6.14. The van der Waals surface area contributed by atoms with Gasteiger partial charge in [-0.15, -0.1) is 0 Å². The minimum atomic E-state index is 0.884. The van der Waals surface area contributed by atoms with E-state index in [0.717, 1.165) is 89.1 Å². The van der Waals surface area contributed by atoms with Crippen molar-refractivity contribution in [2.75, 3.05) is 4.90 Å². The number of aromatic nitrogens is 1. The topological polar surface area (TPSA) is 21.3 Å². The molecule has 0 aliphatic heterocycles. The Balaban J connectivity index is 1.15. The number of furan rings is 1. The second-order valence-corrected chi connectivity index (χ2v) is 16.0. The summed E-state index contributed by atoms with van der Waals surface area (Å²) in [4.78, 5) is 2.41. The fourth-order valence-corrected chi connectivity index (χ4v) is 9.54. The molecule has 296 valence electrons. The smallest absolute Gasteiger partial charge is 0.143 e. The van der Waals surface area contributed by atoms with Crippen molar-refractivity contribution in [1.29, 1.82) is 0 Å². The first-order valence-electron chi connectivity index (χ1n) is 21.5. The lowest BCUT2D eigenvalue weighted by molar-refractivity contribution is 0.670. The number of benzene rings is 10. The van der Waals surface area contributed by atoms with E-state index in [1.54, 1.807) is 0 Å². The van der Waals surface area contributed by atoms with E-state index in [1.807, 2.05) is 6.07 Å². The molecule has 0 bridgehead atoms. The van der Waals surface area contributed by atoms with Crippen molar-refractivity contribution in [2.45, 2.75) is 0 Å². The van der Waals surface area contributed by atoms with Gasteiger partial charge < -0.3 is 13.9 Å². The molecule has 0 aliphatic carbocycles. The number of para-hydroxylation sites is 5. The SMILES string of the molecule is c1ccc(-c2ccc(N(c3ccc4c5ccccc5n(-c5c(-c6ccccc6)cccc5-c5cccc6c5oc5ccccc56)c4c3)c3ccccc3-c3ccccc3)cc2)cc1. The van der Waals surface area contributed by atoms with E-state index in [4.69, 9.17) is 4.42 Å². The van der Waals surface area contributed by atoms with Crippen molar-refractivity contribution in [1.82, 2.24) is 4.57 Å². The predicted octanol–water partition coefficient (Wildman–Crippen LogP) is 16.8. The third-order valence-corrected chi connectivity index (χ3v) is 12.4. The fraction of sp³-hybridized carbons (Fsp3) is 0. The van der Waals surface area contributed by atoms with Gasteiger partial charge in [0.05, 0.1) is 22.4 Å². The summed E-state index contributed by atoms with van der Waals surface area (Å²) in [6.07, 6.45) is 0. The maximum Gasteiger partial charge on any atom is 0.143 e. The normalized spacial score (nSPS) is 11.5.